The molecular formula is C5H12N2OS. The molecule has 1 amide bonds. The van der Waals surface area contributed by atoms with Crippen LogP contribution in [0.3, 0.4) is 0 Å². The van der Waals surface area contributed by atoms with Crippen LogP contribution in [0.15, 0.2) is 0 Å². The first-order valence-corrected chi connectivity index (χ1v) is 3.46. The lowest BCUT2D eigenvalue weighted by atomic mass is 10.3. The highest BCUT2D eigenvalue weighted by Crippen LogP contribution is 1.74. The van der Waals surface area contributed by atoms with Crippen molar-refractivity contribution in [2.45, 2.75) is 13.0 Å². The Balaban J connectivity index is 3.28. The Morgan fingerprint density at radius 3 is 2.78 bits per heavy atom. The highest BCUT2D eigenvalue weighted by molar-refractivity contribution is 7.80. The van der Waals surface area contributed by atoms with Gasteiger partial charge in [0.25, 0.3) is 0 Å². The van der Waals surface area contributed by atoms with E-state index in [1.54, 1.807) is 6.92 Å². The van der Waals surface area contributed by atoms with Gasteiger partial charge in [0, 0.05) is 12.3 Å². The van der Waals surface area contributed by atoms with E-state index in [9.17, 15) is 4.79 Å². The van der Waals surface area contributed by atoms with E-state index in [0.29, 0.717) is 12.3 Å². The van der Waals surface area contributed by atoms with Gasteiger partial charge in [-0.2, -0.15) is 12.6 Å². The summed E-state index contributed by atoms with van der Waals surface area (Å²) < 4.78 is 0. The van der Waals surface area contributed by atoms with Gasteiger partial charge in [-0.15, -0.1) is 0 Å². The molecule has 0 saturated heterocycles. The molecule has 0 aromatic carbocycles. The lowest BCUT2D eigenvalue weighted by Crippen LogP contribution is -2.39. The van der Waals surface area contributed by atoms with Gasteiger partial charge in [0.2, 0.25) is 5.91 Å². The first-order chi connectivity index (χ1) is 4.18. The number of nitrogens with one attached hydrogen (secondary N) is 1. The van der Waals surface area contributed by atoms with Crippen LogP contribution in [0.4, 0.5) is 0 Å². The van der Waals surface area contributed by atoms with Gasteiger partial charge in [-0.25, -0.2) is 0 Å². The lowest BCUT2D eigenvalue weighted by Gasteiger charge is -2.04. The fourth-order valence-electron chi connectivity index (χ4n) is 0.340. The molecule has 3 nitrogen and oxygen atoms in total. The van der Waals surface area contributed by atoms with E-state index in [-0.39, 0.29) is 5.91 Å². The summed E-state index contributed by atoms with van der Waals surface area (Å²) in [5, 5.41) is 2.59. The number of carbonyl (C=O) groups excluding carboxylic acids is 1. The van der Waals surface area contributed by atoms with Crippen molar-refractivity contribution in [3.8, 4) is 0 Å². The summed E-state index contributed by atoms with van der Waals surface area (Å²) >= 11 is 3.91. The quantitative estimate of drug-likeness (QED) is 0.467. The molecule has 0 bridgehead atoms. The fraction of sp³-hybridized carbons (Fsp3) is 0.800. The Hall–Kier alpha value is -0.220. The van der Waals surface area contributed by atoms with Crippen molar-refractivity contribution in [1.29, 1.82) is 0 Å². The number of hydrogen-bond donors (Lipinski definition) is 3. The van der Waals surface area contributed by atoms with Crippen LogP contribution in [0.25, 0.3) is 0 Å². The number of rotatable bonds is 3. The standard InChI is InChI=1S/C5H12N2OS/c1-4(6)5(8)7-2-3-9/h4,9H,2-3,6H2,1H3,(H,7,8). The average molecular weight is 148 g/mol. The Bertz CT molecular complexity index is 95.0. The number of thiol groups is 1. The zero-order valence-electron chi connectivity index (χ0n) is 5.42. The first-order valence-electron chi connectivity index (χ1n) is 2.82. The summed E-state index contributed by atoms with van der Waals surface area (Å²) in [5.41, 5.74) is 5.24. The molecular weight excluding hydrogens is 136 g/mol. The van der Waals surface area contributed by atoms with Crippen LogP contribution in [0.5, 0.6) is 0 Å². The number of nitrogens with two attached hydrogens (primary N) is 1. The topological polar surface area (TPSA) is 55.1 Å². The monoisotopic (exact) mass is 148 g/mol. The lowest BCUT2D eigenvalue weighted by molar-refractivity contribution is -0.121. The molecule has 0 aliphatic rings. The molecule has 9 heavy (non-hydrogen) atoms. The Morgan fingerprint density at radius 1 is 1.89 bits per heavy atom. The molecule has 0 fully saturated rings. The van der Waals surface area contributed by atoms with Gasteiger partial charge in [-0.1, -0.05) is 0 Å². The van der Waals surface area contributed by atoms with E-state index in [1.165, 1.54) is 0 Å². The Morgan fingerprint density at radius 2 is 2.44 bits per heavy atom. The van der Waals surface area contributed by atoms with Crippen LogP contribution in [-0.4, -0.2) is 24.2 Å². The highest BCUT2D eigenvalue weighted by Gasteiger charge is 2.03. The molecule has 1 unspecified atom stereocenters. The maximum atomic E-state index is 10.6. The van der Waals surface area contributed by atoms with E-state index in [2.05, 4.69) is 17.9 Å². The predicted octanol–water partition coefficient (Wildman–Crippen LogP) is -0.620. The van der Waals surface area contributed by atoms with E-state index in [0.717, 1.165) is 0 Å². The Labute approximate surface area is 60.4 Å². The summed E-state index contributed by atoms with van der Waals surface area (Å²) in [7, 11) is 0. The minimum absolute atomic E-state index is 0.121. The van der Waals surface area contributed by atoms with Crippen molar-refractivity contribution >= 4 is 18.5 Å². The largest absolute Gasteiger partial charge is 0.354 e. The first kappa shape index (κ1) is 8.78. The number of carbonyl (C=O) groups is 1. The average Bonchev–Trinajstić information content (AvgIpc) is 1.82. The summed E-state index contributed by atoms with van der Waals surface area (Å²) in [6.07, 6.45) is 0. The number of amides is 1. The van der Waals surface area contributed by atoms with E-state index < -0.39 is 6.04 Å². The highest BCUT2D eigenvalue weighted by atomic mass is 32.1. The molecule has 0 rings (SSSR count). The van der Waals surface area contributed by atoms with Gasteiger partial charge in [-0.05, 0) is 6.92 Å². The molecule has 0 aliphatic carbocycles. The van der Waals surface area contributed by atoms with Crippen molar-refractivity contribution in [2.24, 2.45) is 5.73 Å². The molecule has 0 radical (unpaired) electrons. The van der Waals surface area contributed by atoms with Gasteiger partial charge in [0.15, 0.2) is 0 Å². The Kier molecular flexibility index (Phi) is 4.53. The molecule has 0 aromatic heterocycles. The SMILES string of the molecule is CC(N)C(=O)NCCS. The summed E-state index contributed by atoms with van der Waals surface area (Å²) in [6.45, 7) is 2.23. The molecule has 0 saturated carbocycles. The van der Waals surface area contributed by atoms with Crippen LogP contribution >= 0.6 is 12.6 Å². The normalized spacial score (nSPS) is 12.8. The smallest absolute Gasteiger partial charge is 0.236 e. The summed E-state index contributed by atoms with van der Waals surface area (Å²) in [4.78, 5) is 10.6. The molecule has 3 N–H and O–H groups in total. The van der Waals surface area contributed by atoms with E-state index in [4.69, 9.17) is 5.73 Å². The second-order valence-corrected chi connectivity index (χ2v) is 2.25. The molecule has 0 heterocycles. The third-order valence-electron chi connectivity index (χ3n) is 0.825. The van der Waals surface area contributed by atoms with Crippen LogP contribution in [0.2, 0.25) is 0 Å². The molecule has 0 aliphatic heterocycles. The van der Waals surface area contributed by atoms with Gasteiger partial charge in [0.05, 0.1) is 6.04 Å². The molecule has 54 valence electrons. The second-order valence-electron chi connectivity index (χ2n) is 1.80. The van der Waals surface area contributed by atoms with Crippen molar-refractivity contribution in [1.82, 2.24) is 5.32 Å². The van der Waals surface area contributed by atoms with Gasteiger partial charge < -0.3 is 11.1 Å². The number of hydrogen-bond acceptors (Lipinski definition) is 3. The second kappa shape index (κ2) is 4.64. The van der Waals surface area contributed by atoms with Gasteiger partial charge >= 0.3 is 0 Å². The van der Waals surface area contributed by atoms with Crippen molar-refractivity contribution in [3.05, 3.63) is 0 Å². The zero-order valence-corrected chi connectivity index (χ0v) is 6.32. The molecule has 1 atom stereocenters. The van der Waals surface area contributed by atoms with E-state index in [1.807, 2.05) is 0 Å². The van der Waals surface area contributed by atoms with Gasteiger partial charge in [0.1, 0.15) is 0 Å². The van der Waals surface area contributed by atoms with Crippen molar-refractivity contribution in [2.75, 3.05) is 12.3 Å². The zero-order chi connectivity index (χ0) is 7.28. The fourth-order valence-corrected chi connectivity index (χ4v) is 0.452. The third kappa shape index (κ3) is 4.29. The van der Waals surface area contributed by atoms with Crippen LogP contribution in [0, 0.1) is 0 Å². The summed E-state index contributed by atoms with van der Waals surface area (Å²) in [5.74, 6) is 0.530. The molecule has 4 heteroatoms. The molecule has 0 spiro atoms. The van der Waals surface area contributed by atoms with E-state index >= 15 is 0 Å². The van der Waals surface area contributed by atoms with Gasteiger partial charge in [-0.3, -0.25) is 4.79 Å². The third-order valence-corrected chi connectivity index (χ3v) is 1.05. The minimum atomic E-state index is -0.412. The van der Waals surface area contributed by atoms with Crippen LogP contribution in [0.1, 0.15) is 6.92 Å². The molecule has 0 aromatic rings. The maximum absolute atomic E-state index is 10.6. The van der Waals surface area contributed by atoms with Crippen molar-refractivity contribution in [3.63, 3.8) is 0 Å². The minimum Gasteiger partial charge on any atom is -0.354 e. The van der Waals surface area contributed by atoms with Crippen LogP contribution in [-0.2, 0) is 4.79 Å². The summed E-state index contributed by atoms with van der Waals surface area (Å²) in [6, 6.07) is -0.412. The predicted molar refractivity (Wildman–Crippen MR) is 40.5 cm³/mol. The van der Waals surface area contributed by atoms with Crippen LogP contribution < -0.4 is 11.1 Å². The van der Waals surface area contributed by atoms with Crippen molar-refractivity contribution < 1.29 is 4.79 Å². The maximum Gasteiger partial charge on any atom is 0.236 e.